The molecule has 0 atom stereocenters. The average Bonchev–Trinajstić information content (AvgIpc) is 2.51. The zero-order valence-electron chi connectivity index (χ0n) is 12.2. The number of hydrogen-bond donors (Lipinski definition) is 1. The van der Waals surface area contributed by atoms with E-state index in [-0.39, 0.29) is 30.1 Å². The molecular formula is C17H16O5. The van der Waals surface area contributed by atoms with Crippen LogP contribution in [-0.2, 0) is 14.3 Å². The maximum absolute atomic E-state index is 11.9. The Morgan fingerprint density at radius 3 is 2.50 bits per heavy atom. The van der Waals surface area contributed by atoms with Crippen LogP contribution in [0.2, 0.25) is 0 Å². The maximum atomic E-state index is 11.9. The third-order valence-corrected chi connectivity index (χ3v) is 3.02. The number of fused-ring (bicyclic) bond motifs is 1. The smallest absolute Gasteiger partial charge is 0.342 e. The SMILES string of the molecule is C=C(C)C(=O)OCCOC(=O)c1ccc2ccccc2c1O. The first-order valence-corrected chi connectivity index (χ1v) is 6.71. The predicted molar refractivity (Wildman–Crippen MR) is 81.7 cm³/mol. The van der Waals surface area contributed by atoms with E-state index in [0.29, 0.717) is 5.39 Å². The number of phenolic OH excluding ortho intramolecular Hbond substituents is 1. The number of phenols is 1. The van der Waals surface area contributed by atoms with E-state index < -0.39 is 11.9 Å². The fourth-order valence-corrected chi connectivity index (χ4v) is 1.89. The molecule has 0 unspecified atom stereocenters. The molecule has 1 N–H and O–H groups in total. The van der Waals surface area contributed by atoms with E-state index in [0.717, 1.165) is 5.39 Å². The van der Waals surface area contributed by atoms with Gasteiger partial charge in [0.1, 0.15) is 24.5 Å². The molecule has 0 bridgehead atoms. The van der Waals surface area contributed by atoms with Crippen LogP contribution in [0.1, 0.15) is 17.3 Å². The molecule has 114 valence electrons. The van der Waals surface area contributed by atoms with Crippen molar-refractivity contribution in [2.75, 3.05) is 13.2 Å². The van der Waals surface area contributed by atoms with Crippen molar-refractivity contribution in [3.63, 3.8) is 0 Å². The van der Waals surface area contributed by atoms with Crippen molar-refractivity contribution in [2.45, 2.75) is 6.92 Å². The van der Waals surface area contributed by atoms with Crippen molar-refractivity contribution in [3.8, 4) is 5.75 Å². The van der Waals surface area contributed by atoms with E-state index in [2.05, 4.69) is 6.58 Å². The molecule has 5 heteroatoms. The van der Waals surface area contributed by atoms with Gasteiger partial charge in [-0.15, -0.1) is 0 Å². The highest BCUT2D eigenvalue weighted by Crippen LogP contribution is 2.28. The molecule has 5 nitrogen and oxygen atoms in total. The number of hydrogen-bond acceptors (Lipinski definition) is 5. The second-order valence-electron chi connectivity index (χ2n) is 4.74. The lowest BCUT2D eigenvalue weighted by Gasteiger charge is -2.09. The van der Waals surface area contributed by atoms with Gasteiger partial charge in [-0.1, -0.05) is 36.9 Å². The Morgan fingerprint density at radius 1 is 1.09 bits per heavy atom. The molecule has 0 aliphatic heterocycles. The van der Waals surface area contributed by atoms with Crippen LogP contribution in [0.15, 0.2) is 48.6 Å². The Kier molecular flexibility index (Phi) is 4.78. The summed E-state index contributed by atoms with van der Waals surface area (Å²) in [7, 11) is 0. The molecule has 2 aromatic rings. The largest absolute Gasteiger partial charge is 0.506 e. The molecule has 0 heterocycles. The molecule has 0 saturated heterocycles. The highest BCUT2D eigenvalue weighted by Gasteiger charge is 2.15. The van der Waals surface area contributed by atoms with Crippen LogP contribution in [0.3, 0.4) is 0 Å². The van der Waals surface area contributed by atoms with E-state index in [9.17, 15) is 14.7 Å². The second kappa shape index (κ2) is 6.76. The molecule has 0 saturated carbocycles. The normalized spacial score (nSPS) is 10.2. The summed E-state index contributed by atoms with van der Waals surface area (Å²) in [5.74, 6) is -1.33. The number of carbonyl (C=O) groups excluding carboxylic acids is 2. The van der Waals surface area contributed by atoms with Gasteiger partial charge in [-0.2, -0.15) is 0 Å². The number of benzene rings is 2. The fourth-order valence-electron chi connectivity index (χ4n) is 1.89. The topological polar surface area (TPSA) is 72.8 Å². The van der Waals surface area contributed by atoms with Crippen molar-refractivity contribution in [1.82, 2.24) is 0 Å². The number of carbonyl (C=O) groups is 2. The first-order valence-electron chi connectivity index (χ1n) is 6.71. The molecule has 0 fully saturated rings. The quantitative estimate of drug-likeness (QED) is 0.522. The first-order chi connectivity index (χ1) is 10.5. The van der Waals surface area contributed by atoms with Gasteiger partial charge in [-0.3, -0.25) is 0 Å². The number of esters is 2. The standard InChI is InChI=1S/C17H16O5/c1-11(2)16(19)21-9-10-22-17(20)14-8-7-12-5-3-4-6-13(12)15(14)18/h3-8,18H,1,9-10H2,2H3. The molecule has 0 spiro atoms. The monoisotopic (exact) mass is 300 g/mol. The predicted octanol–water partition coefficient (Wildman–Crippen LogP) is 2.82. The maximum Gasteiger partial charge on any atom is 0.342 e. The van der Waals surface area contributed by atoms with Gasteiger partial charge in [0.15, 0.2) is 0 Å². The second-order valence-corrected chi connectivity index (χ2v) is 4.74. The molecular weight excluding hydrogens is 284 g/mol. The molecule has 0 aliphatic carbocycles. The van der Waals surface area contributed by atoms with E-state index in [1.807, 2.05) is 12.1 Å². The Labute approximate surface area is 127 Å². The third kappa shape index (κ3) is 3.44. The summed E-state index contributed by atoms with van der Waals surface area (Å²) >= 11 is 0. The lowest BCUT2D eigenvalue weighted by molar-refractivity contribution is -0.140. The van der Waals surface area contributed by atoms with Crippen LogP contribution in [0.5, 0.6) is 5.75 Å². The van der Waals surface area contributed by atoms with Crippen molar-refractivity contribution in [3.05, 3.63) is 54.1 Å². The van der Waals surface area contributed by atoms with Gasteiger partial charge >= 0.3 is 11.9 Å². The molecule has 0 radical (unpaired) electrons. The summed E-state index contributed by atoms with van der Waals surface area (Å²) in [6, 6.07) is 10.4. The van der Waals surface area contributed by atoms with E-state index in [1.54, 1.807) is 18.2 Å². The fraction of sp³-hybridized carbons (Fsp3) is 0.176. The van der Waals surface area contributed by atoms with Gasteiger partial charge in [-0.05, 0) is 18.4 Å². The van der Waals surface area contributed by atoms with E-state index in [1.165, 1.54) is 13.0 Å². The summed E-state index contributed by atoms with van der Waals surface area (Å²) in [5.41, 5.74) is 0.350. The average molecular weight is 300 g/mol. The van der Waals surface area contributed by atoms with Gasteiger partial charge in [0.2, 0.25) is 0 Å². The molecule has 2 aromatic carbocycles. The highest BCUT2D eigenvalue weighted by molar-refractivity contribution is 6.01. The minimum Gasteiger partial charge on any atom is -0.506 e. The molecule has 2 rings (SSSR count). The van der Waals surface area contributed by atoms with Crippen molar-refractivity contribution < 1.29 is 24.2 Å². The van der Waals surface area contributed by atoms with Crippen LogP contribution in [0.25, 0.3) is 10.8 Å². The molecule has 0 amide bonds. The summed E-state index contributed by atoms with van der Waals surface area (Å²) in [6.45, 7) is 4.81. The highest BCUT2D eigenvalue weighted by atomic mass is 16.6. The van der Waals surface area contributed by atoms with Gasteiger partial charge in [-0.25, -0.2) is 9.59 Å². The Hall–Kier alpha value is -2.82. The first kappa shape index (κ1) is 15.6. The lowest BCUT2D eigenvalue weighted by Crippen LogP contribution is -2.14. The minimum absolute atomic E-state index is 0.0637. The third-order valence-electron chi connectivity index (χ3n) is 3.02. The van der Waals surface area contributed by atoms with Crippen LogP contribution < -0.4 is 0 Å². The van der Waals surface area contributed by atoms with Crippen LogP contribution in [0, 0.1) is 0 Å². The summed E-state index contributed by atoms with van der Waals surface area (Å²) in [5, 5.41) is 11.5. The van der Waals surface area contributed by atoms with Gasteiger partial charge < -0.3 is 14.6 Å². The van der Waals surface area contributed by atoms with Crippen molar-refractivity contribution in [1.29, 1.82) is 0 Å². The lowest BCUT2D eigenvalue weighted by atomic mass is 10.1. The van der Waals surface area contributed by atoms with Crippen LogP contribution in [-0.4, -0.2) is 30.3 Å². The Balaban J connectivity index is 2.00. The van der Waals surface area contributed by atoms with Crippen molar-refractivity contribution >= 4 is 22.7 Å². The zero-order chi connectivity index (χ0) is 16.1. The summed E-state index contributed by atoms with van der Waals surface area (Å²) in [6.07, 6.45) is 0. The number of ether oxygens (including phenoxy) is 2. The minimum atomic E-state index is -0.672. The van der Waals surface area contributed by atoms with Crippen molar-refractivity contribution in [2.24, 2.45) is 0 Å². The van der Waals surface area contributed by atoms with Gasteiger partial charge in [0.05, 0.1) is 0 Å². The molecule has 0 aromatic heterocycles. The Bertz CT molecular complexity index is 733. The molecule has 22 heavy (non-hydrogen) atoms. The van der Waals surface area contributed by atoms with E-state index >= 15 is 0 Å². The van der Waals surface area contributed by atoms with Gasteiger partial charge in [0.25, 0.3) is 0 Å². The number of rotatable bonds is 5. The summed E-state index contributed by atoms with van der Waals surface area (Å²) in [4.78, 5) is 23.1. The molecule has 0 aliphatic rings. The summed E-state index contributed by atoms with van der Waals surface area (Å²) < 4.78 is 9.79. The van der Waals surface area contributed by atoms with E-state index in [4.69, 9.17) is 9.47 Å². The van der Waals surface area contributed by atoms with Crippen LogP contribution >= 0.6 is 0 Å². The Morgan fingerprint density at radius 2 is 1.77 bits per heavy atom. The zero-order valence-corrected chi connectivity index (χ0v) is 12.2. The number of aromatic hydroxyl groups is 1. The van der Waals surface area contributed by atoms with Crippen LogP contribution in [0.4, 0.5) is 0 Å². The van der Waals surface area contributed by atoms with Gasteiger partial charge in [0, 0.05) is 11.0 Å².